The molecule has 7 heteroatoms. The van der Waals surface area contributed by atoms with Crippen LogP contribution in [0.1, 0.15) is 19.4 Å². The molecule has 0 atom stereocenters. The number of nitrogens with one attached hydrogen (secondary N) is 1. The van der Waals surface area contributed by atoms with E-state index in [9.17, 15) is 14.0 Å². The number of halogens is 1. The van der Waals surface area contributed by atoms with Gasteiger partial charge in [-0.3, -0.25) is 4.79 Å². The van der Waals surface area contributed by atoms with Crippen LogP contribution in [0.25, 0.3) is 0 Å². The minimum absolute atomic E-state index is 0.236. The maximum atomic E-state index is 12.8. The van der Waals surface area contributed by atoms with Gasteiger partial charge in [0.15, 0.2) is 0 Å². The van der Waals surface area contributed by atoms with Gasteiger partial charge in [-0.2, -0.15) is 0 Å². The van der Waals surface area contributed by atoms with Crippen molar-refractivity contribution < 1.29 is 28.2 Å². The van der Waals surface area contributed by atoms with E-state index in [1.807, 2.05) is 0 Å². The molecule has 2 rings (SSSR count). The molecule has 6 nitrogen and oxygen atoms in total. The van der Waals surface area contributed by atoms with Crippen LogP contribution in [-0.4, -0.2) is 31.3 Å². The number of esters is 1. The molecular formula is C16H18FNO5. The third kappa shape index (κ3) is 4.21. The molecule has 0 aromatic heterocycles. The van der Waals surface area contributed by atoms with Gasteiger partial charge in [0, 0.05) is 20.4 Å². The van der Waals surface area contributed by atoms with Crippen LogP contribution in [0.3, 0.4) is 0 Å². The first-order chi connectivity index (χ1) is 10.8. The second-order valence-electron chi connectivity index (χ2n) is 5.39. The Morgan fingerprint density at radius 2 is 1.91 bits per heavy atom. The second kappa shape index (κ2) is 6.68. The number of hydrogen-bond donors (Lipinski definition) is 1. The predicted molar refractivity (Wildman–Crippen MR) is 78.4 cm³/mol. The van der Waals surface area contributed by atoms with Gasteiger partial charge in [0.1, 0.15) is 5.82 Å². The first kappa shape index (κ1) is 16.8. The Labute approximate surface area is 133 Å². The van der Waals surface area contributed by atoms with E-state index in [1.54, 1.807) is 26.0 Å². The summed E-state index contributed by atoms with van der Waals surface area (Å²) in [5, 5.41) is 2.62. The van der Waals surface area contributed by atoms with Gasteiger partial charge in [0.25, 0.3) is 11.7 Å². The molecule has 1 N–H and O–H groups in total. The Hall–Kier alpha value is -2.57. The highest BCUT2D eigenvalue weighted by Gasteiger charge is 2.41. The van der Waals surface area contributed by atoms with Crippen molar-refractivity contribution in [2.45, 2.75) is 26.1 Å². The van der Waals surface area contributed by atoms with Crippen LogP contribution in [0.5, 0.6) is 0 Å². The smallest absolute Gasteiger partial charge is 0.381 e. The number of carbonyl (C=O) groups is 2. The van der Waals surface area contributed by atoms with E-state index < -0.39 is 17.7 Å². The molecule has 124 valence electrons. The Morgan fingerprint density at radius 1 is 1.26 bits per heavy atom. The molecule has 23 heavy (non-hydrogen) atoms. The lowest BCUT2D eigenvalue weighted by Gasteiger charge is -2.14. The van der Waals surface area contributed by atoms with Crippen molar-refractivity contribution in [3.63, 3.8) is 0 Å². The quantitative estimate of drug-likeness (QED) is 0.507. The molecule has 1 aliphatic rings. The fourth-order valence-corrected chi connectivity index (χ4v) is 2.06. The Balaban J connectivity index is 1.98. The average Bonchev–Trinajstić information content (AvgIpc) is 2.75. The average molecular weight is 323 g/mol. The number of amides is 1. The van der Waals surface area contributed by atoms with Gasteiger partial charge >= 0.3 is 5.97 Å². The highest BCUT2D eigenvalue weighted by Crippen LogP contribution is 2.28. The zero-order valence-electron chi connectivity index (χ0n) is 13.1. The van der Waals surface area contributed by atoms with E-state index in [0.717, 1.165) is 5.56 Å². The maximum Gasteiger partial charge on any atom is 0.381 e. The Kier molecular flexibility index (Phi) is 4.88. The van der Waals surface area contributed by atoms with E-state index in [0.29, 0.717) is 13.0 Å². The normalized spacial score (nSPS) is 18.0. The SMILES string of the molecule is COC(C(=O)NCCc1ccc(F)cc1)=C1OC(C)(C)OC1=O. The van der Waals surface area contributed by atoms with E-state index in [-0.39, 0.29) is 17.3 Å². The number of carbonyl (C=O) groups excluding carboxylic acids is 2. The van der Waals surface area contributed by atoms with Gasteiger partial charge in [-0.25, -0.2) is 9.18 Å². The highest BCUT2D eigenvalue weighted by atomic mass is 19.1. The molecule has 0 bridgehead atoms. The van der Waals surface area contributed by atoms with E-state index in [1.165, 1.54) is 19.2 Å². The number of rotatable bonds is 5. The molecule has 0 spiro atoms. The molecule has 1 saturated heterocycles. The monoisotopic (exact) mass is 323 g/mol. The Bertz CT molecular complexity index is 636. The summed E-state index contributed by atoms with van der Waals surface area (Å²) in [6.07, 6.45) is 0.509. The Morgan fingerprint density at radius 3 is 2.43 bits per heavy atom. The molecule has 1 amide bonds. The molecule has 1 aromatic rings. The molecule has 0 saturated carbocycles. The fourth-order valence-electron chi connectivity index (χ4n) is 2.06. The summed E-state index contributed by atoms with van der Waals surface area (Å²) in [7, 11) is 1.27. The standard InChI is InChI=1S/C16H18FNO5/c1-16(2)22-13(15(20)23-16)12(21-3)14(19)18-9-8-10-4-6-11(17)7-5-10/h4-7H,8-9H2,1-3H3,(H,18,19). The number of methoxy groups -OCH3 is 1. The second-order valence-corrected chi connectivity index (χ2v) is 5.39. The maximum absolute atomic E-state index is 12.8. The molecule has 1 fully saturated rings. The van der Waals surface area contributed by atoms with Gasteiger partial charge in [0.2, 0.25) is 11.5 Å². The minimum Gasteiger partial charge on any atom is -0.488 e. The lowest BCUT2D eigenvalue weighted by Crippen LogP contribution is -2.29. The van der Waals surface area contributed by atoms with Gasteiger partial charge in [-0.15, -0.1) is 0 Å². The molecule has 0 aliphatic carbocycles. The molecule has 1 aromatic carbocycles. The van der Waals surface area contributed by atoms with Crippen LogP contribution in [0.15, 0.2) is 35.8 Å². The van der Waals surface area contributed by atoms with Crippen molar-refractivity contribution in [2.75, 3.05) is 13.7 Å². The molecular weight excluding hydrogens is 305 g/mol. The van der Waals surface area contributed by atoms with Crippen LogP contribution >= 0.6 is 0 Å². The molecule has 0 radical (unpaired) electrons. The van der Waals surface area contributed by atoms with Crippen LogP contribution in [0.2, 0.25) is 0 Å². The highest BCUT2D eigenvalue weighted by molar-refractivity contribution is 6.00. The van der Waals surface area contributed by atoms with Crippen molar-refractivity contribution in [3.8, 4) is 0 Å². The minimum atomic E-state index is -1.13. The van der Waals surface area contributed by atoms with Crippen LogP contribution in [0, 0.1) is 5.82 Å². The molecule has 1 heterocycles. The molecule has 0 unspecified atom stereocenters. The summed E-state index contributed by atoms with van der Waals surface area (Å²) in [5.74, 6) is -3.27. The van der Waals surface area contributed by atoms with Gasteiger partial charge in [0.05, 0.1) is 7.11 Å². The first-order valence-corrected chi connectivity index (χ1v) is 7.05. The largest absolute Gasteiger partial charge is 0.488 e. The summed E-state index contributed by atoms with van der Waals surface area (Å²) >= 11 is 0. The zero-order chi connectivity index (χ0) is 17.0. The summed E-state index contributed by atoms with van der Waals surface area (Å²) in [4.78, 5) is 23.8. The summed E-state index contributed by atoms with van der Waals surface area (Å²) in [6.45, 7) is 3.40. The topological polar surface area (TPSA) is 73.9 Å². The third-order valence-electron chi connectivity index (χ3n) is 3.10. The number of benzene rings is 1. The predicted octanol–water partition coefficient (Wildman–Crippen LogP) is 1.65. The van der Waals surface area contributed by atoms with Crippen LogP contribution < -0.4 is 5.32 Å². The molecule has 1 aliphatic heterocycles. The van der Waals surface area contributed by atoms with Crippen molar-refractivity contribution >= 4 is 11.9 Å². The summed E-state index contributed by atoms with van der Waals surface area (Å²) < 4.78 is 28.0. The van der Waals surface area contributed by atoms with Crippen LogP contribution in [-0.2, 0) is 30.2 Å². The van der Waals surface area contributed by atoms with Gasteiger partial charge in [-0.1, -0.05) is 12.1 Å². The van der Waals surface area contributed by atoms with Crippen molar-refractivity contribution in [1.82, 2.24) is 5.32 Å². The summed E-state index contributed by atoms with van der Waals surface area (Å²) in [6, 6.07) is 5.97. The third-order valence-corrected chi connectivity index (χ3v) is 3.10. The summed E-state index contributed by atoms with van der Waals surface area (Å²) in [5.41, 5.74) is 0.871. The van der Waals surface area contributed by atoms with E-state index >= 15 is 0 Å². The number of cyclic esters (lactones) is 1. The van der Waals surface area contributed by atoms with Crippen LogP contribution in [0.4, 0.5) is 4.39 Å². The van der Waals surface area contributed by atoms with Gasteiger partial charge in [-0.05, 0) is 24.1 Å². The lowest BCUT2D eigenvalue weighted by molar-refractivity contribution is -0.159. The van der Waals surface area contributed by atoms with E-state index in [2.05, 4.69) is 5.32 Å². The fraction of sp³-hybridized carbons (Fsp3) is 0.375. The van der Waals surface area contributed by atoms with Crippen molar-refractivity contribution in [1.29, 1.82) is 0 Å². The zero-order valence-corrected chi connectivity index (χ0v) is 13.1. The number of ether oxygens (including phenoxy) is 3. The van der Waals surface area contributed by atoms with Crippen molar-refractivity contribution in [2.24, 2.45) is 0 Å². The number of hydrogen-bond acceptors (Lipinski definition) is 5. The first-order valence-electron chi connectivity index (χ1n) is 7.05. The van der Waals surface area contributed by atoms with Crippen molar-refractivity contribution in [3.05, 3.63) is 47.2 Å². The lowest BCUT2D eigenvalue weighted by atomic mass is 10.1. The van der Waals surface area contributed by atoms with E-state index in [4.69, 9.17) is 14.2 Å². The van der Waals surface area contributed by atoms with Gasteiger partial charge < -0.3 is 19.5 Å².